The van der Waals surface area contributed by atoms with Gasteiger partial charge in [-0.2, -0.15) is 0 Å². The molecule has 0 aromatic rings. The van der Waals surface area contributed by atoms with Crippen LogP contribution in [-0.2, 0) is 9.47 Å². The van der Waals surface area contributed by atoms with Gasteiger partial charge in [-0.1, -0.05) is 13.3 Å². The van der Waals surface area contributed by atoms with E-state index < -0.39 is 5.60 Å². The Labute approximate surface area is 123 Å². The van der Waals surface area contributed by atoms with E-state index in [1.807, 2.05) is 20.8 Å². The quantitative estimate of drug-likeness (QED) is 0.685. The summed E-state index contributed by atoms with van der Waals surface area (Å²) in [6.45, 7) is 11.2. The summed E-state index contributed by atoms with van der Waals surface area (Å²) < 4.78 is 10.3. The molecule has 0 aliphatic carbocycles. The fourth-order valence-electron chi connectivity index (χ4n) is 1.89. The molecular weight excluding hydrogens is 256 g/mol. The lowest BCUT2D eigenvalue weighted by Crippen LogP contribution is -2.45. The monoisotopic (exact) mass is 288 g/mol. The number of carbonyl (C=O) groups excluding carboxylic acids is 1. The number of nitrogens with one attached hydrogen (secondary N) is 2. The summed E-state index contributed by atoms with van der Waals surface area (Å²) in [5.41, 5.74) is -0.455. The zero-order valence-electron chi connectivity index (χ0n) is 13.9. The molecule has 0 spiro atoms. The molecule has 20 heavy (non-hydrogen) atoms. The van der Waals surface area contributed by atoms with Crippen LogP contribution in [0.5, 0.6) is 0 Å². The molecule has 5 nitrogen and oxygen atoms in total. The van der Waals surface area contributed by atoms with Crippen LogP contribution in [0.1, 0.15) is 53.9 Å². The molecule has 0 aromatic carbocycles. The van der Waals surface area contributed by atoms with Crippen molar-refractivity contribution in [3.63, 3.8) is 0 Å². The first-order chi connectivity index (χ1) is 9.28. The van der Waals surface area contributed by atoms with Gasteiger partial charge in [0.25, 0.3) is 0 Å². The molecular formula is C15H32N2O3. The fraction of sp³-hybridized carbons (Fsp3) is 0.933. The Balaban J connectivity index is 4.10. The van der Waals surface area contributed by atoms with Crippen molar-refractivity contribution < 1.29 is 14.3 Å². The van der Waals surface area contributed by atoms with E-state index in [0.29, 0.717) is 12.6 Å². The molecule has 0 bridgehead atoms. The topological polar surface area (TPSA) is 59.6 Å². The van der Waals surface area contributed by atoms with Gasteiger partial charge in [-0.3, -0.25) is 0 Å². The van der Waals surface area contributed by atoms with E-state index in [4.69, 9.17) is 9.47 Å². The van der Waals surface area contributed by atoms with Crippen molar-refractivity contribution in [1.82, 2.24) is 10.6 Å². The predicted molar refractivity (Wildman–Crippen MR) is 82.0 cm³/mol. The summed E-state index contributed by atoms with van der Waals surface area (Å²) in [5, 5.41) is 6.35. The minimum atomic E-state index is -0.455. The third-order valence-electron chi connectivity index (χ3n) is 2.80. The Morgan fingerprint density at radius 3 is 2.40 bits per heavy atom. The van der Waals surface area contributed by atoms with Gasteiger partial charge in [-0.25, -0.2) is 4.79 Å². The van der Waals surface area contributed by atoms with Crippen molar-refractivity contribution >= 4 is 6.09 Å². The predicted octanol–water partition coefficient (Wildman–Crippen LogP) is 2.69. The maximum absolute atomic E-state index is 11.6. The number of rotatable bonds is 9. The second-order valence-electron chi connectivity index (χ2n) is 6.22. The lowest BCUT2D eigenvalue weighted by molar-refractivity contribution is 0.0520. The van der Waals surface area contributed by atoms with E-state index in [2.05, 4.69) is 24.5 Å². The highest BCUT2D eigenvalue weighted by Gasteiger charge is 2.18. The zero-order chi connectivity index (χ0) is 15.6. The highest BCUT2D eigenvalue weighted by molar-refractivity contribution is 5.67. The molecule has 120 valence electrons. The van der Waals surface area contributed by atoms with E-state index in [0.717, 1.165) is 25.9 Å². The molecule has 2 atom stereocenters. The average molecular weight is 288 g/mol. The number of methoxy groups -OCH3 is 1. The number of amides is 1. The van der Waals surface area contributed by atoms with Gasteiger partial charge in [0.2, 0.25) is 0 Å². The van der Waals surface area contributed by atoms with Crippen LogP contribution in [0.15, 0.2) is 0 Å². The van der Waals surface area contributed by atoms with Gasteiger partial charge in [0.15, 0.2) is 0 Å². The van der Waals surface area contributed by atoms with Gasteiger partial charge < -0.3 is 20.1 Å². The van der Waals surface area contributed by atoms with Crippen molar-refractivity contribution in [2.75, 3.05) is 20.3 Å². The van der Waals surface area contributed by atoms with E-state index in [1.165, 1.54) is 0 Å². The Hall–Kier alpha value is -0.810. The molecule has 0 aromatic heterocycles. The van der Waals surface area contributed by atoms with Crippen molar-refractivity contribution in [2.24, 2.45) is 0 Å². The van der Waals surface area contributed by atoms with Gasteiger partial charge in [0.1, 0.15) is 5.60 Å². The summed E-state index contributed by atoms with van der Waals surface area (Å²) in [6.07, 6.45) is 2.70. The van der Waals surface area contributed by atoms with E-state index in [9.17, 15) is 4.79 Å². The van der Waals surface area contributed by atoms with Gasteiger partial charge in [0, 0.05) is 32.3 Å². The van der Waals surface area contributed by atoms with E-state index in [-0.39, 0.29) is 12.1 Å². The van der Waals surface area contributed by atoms with Crippen LogP contribution in [0.2, 0.25) is 0 Å². The maximum atomic E-state index is 11.6. The first-order valence-corrected chi connectivity index (χ1v) is 7.50. The van der Waals surface area contributed by atoms with Crippen LogP contribution in [0.4, 0.5) is 4.79 Å². The molecule has 0 saturated carbocycles. The maximum Gasteiger partial charge on any atom is 0.407 e. The van der Waals surface area contributed by atoms with Crippen LogP contribution in [0, 0.1) is 0 Å². The van der Waals surface area contributed by atoms with Gasteiger partial charge in [0.05, 0.1) is 0 Å². The highest BCUT2D eigenvalue weighted by atomic mass is 16.6. The Morgan fingerprint density at radius 2 is 1.90 bits per heavy atom. The standard InChI is InChI=1S/C15H32N2O3/c1-7-8-13(17-12(2)9-10-19-6)11-16-14(18)20-15(3,4)5/h12-13,17H,7-11H2,1-6H3,(H,16,18). The summed E-state index contributed by atoms with van der Waals surface area (Å²) in [6, 6.07) is 0.631. The van der Waals surface area contributed by atoms with Gasteiger partial charge >= 0.3 is 6.09 Å². The average Bonchev–Trinajstić information content (AvgIpc) is 2.31. The third-order valence-corrected chi connectivity index (χ3v) is 2.80. The molecule has 0 radical (unpaired) electrons. The van der Waals surface area contributed by atoms with Gasteiger partial charge in [-0.15, -0.1) is 0 Å². The normalized spacial score (nSPS) is 14.7. The summed E-state index contributed by atoms with van der Waals surface area (Å²) in [7, 11) is 1.71. The minimum absolute atomic E-state index is 0.263. The minimum Gasteiger partial charge on any atom is -0.444 e. The molecule has 0 fully saturated rings. The van der Waals surface area contributed by atoms with E-state index >= 15 is 0 Å². The molecule has 5 heteroatoms. The molecule has 0 aliphatic rings. The highest BCUT2D eigenvalue weighted by Crippen LogP contribution is 2.07. The first-order valence-electron chi connectivity index (χ1n) is 7.50. The Bertz CT molecular complexity index is 264. The second-order valence-corrected chi connectivity index (χ2v) is 6.22. The molecule has 0 saturated heterocycles. The molecule has 0 aliphatic heterocycles. The van der Waals surface area contributed by atoms with Crippen LogP contribution in [-0.4, -0.2) is 44.0 Å². The molecule has 1 amide bonds. The summed E-state index contributed by atoms with van der Waals surface area (Å²) in [5.74, 6) is 0. The fourth-order valence-corrected chi connectivity index (χ4v) is 1.89. The first kappa shape index (κ1) is 19.2. The third kappa shape index (κ3) is 11.1. The van der Waals surface area contributed by atoms with Crippen molar-refractivity contribution in [2.45, 2.75) is 71.6 Å². The summed E-state index contributed by atoms with van der Waals surface area (Å²) in [4.78, 5) is 11.6. The van der Waals surface area contributed by atoms with Crippen molar-refractivity contribution in [1.29, 1.82) is 0 Å². The van der Waals surface area contributed by atoms with Crippen LogP contribution in [0.3, 0.4) is 0 Å². The number of hydrogen-bond donors (Lipinski definition) is 2. The Morgan fingerprint density at radius 1 is 1.25 bits per heavy atom. The second kappa shape index (κ2) is 10.00. The number of ether oxygens (including phenoxy) is 2. The zero-order valence-corrected chi connectivity index (χ0v) is 13.9. The number of alkyl carbamates (subject to hydrolysis) is 1. The van der Waals surface area contributed by atoms with Crippen LogP contribution in [0.25, 0.3) is 0 Å². The SMILES string of the molecule is CCCC(CNC(=O)OC(C)(C)C)NC(C)CCOC. The van der Waals surface area contributed by atoms with Crippen LogP contribution >= 0.6 is 0 Å². The molecule has 0 rings (SSSR count). The lowest BCUT2D eigenvalue weighted by Gasteiger charge is -2.25. The lowest BCUT2D eigenvalue weighted by atomic mass is 10.1. The van der Waals surface area contributed by atoms with Crippen molar-refractivity contribution in [3.05, 3.63) is 0 Å². The number of carbonyl (C=O) groups is 1. The number of hydrogen-bond acceptors (Lipinski definition) is 4. The van der Waals surface area contributed by atoms with Gasteiger partial charge in [-0.05, 0) is 40.5 Å². The molecule has 2 N–H and O–H groups in total. The summed E-state index contributed by atoms with van der Waals surface area (Å²) >= 11 is 0. The molecule has 2 unspecified atom stereocenters. The van der Waals surface area contributed by atoms with Crippen molar-refractivity contribution in [3.8, 4) is 0 Å². The molecule has 0 heterocycles. The van der Waals surface area contributed by atoms with Crippen LogP contribution < -0.4 is 10.6 Å². The van der Waals surface area contributed by atoms with E-state index in [1.54, 1.807) is 7.11 Å². The smallest absolute Gasteiger partial charge is 0.407 e. The Kier molecular flexibility index (Phi) is 9.59. The largest absolute Gasteiger partial charge is 0.444 e.